The Morgan fingerprint density at radius 2 is 1.83 bits per heavy atom. The summed E-state index contributed by atoms with van der Waals surface area (Å²) in [4.78, 5) is 16.1. The van der Waals surface area contributed by atoms with Crippen molar-refractivity contribution in [3.05, 3.63) is 34.6 Å². The van der Waals surface area contributed by atoms with Crippen LogP contribution in [0, 0.1) is 5.82 Å². The number of ether oxygens (including phenoxy) is 1. The van der Waals surface area contributed by atoms with E-state index in [0.29, 0.717) is 29.5 Å². The van der Waals surface area contributed by atoms with E-state index in [9.17, 15) is 9.18 Å². The Hall–Kier alpha value is -2.02. The van der Waals surface area contributed by atoms with Crippen LogP contribution >= 0.6 is 11.6 Å². The topological polar surface area (TPSA) is 74.8 Å². The summed E-state index contributed by atoms with van der Waals surface area (Å²) in [6.07, 6.45) is 3.69. The van der Waals surface area contributed by atoms with Crippen molar-refractivity contribution in [2.75, 3.05) is 13.6 Å². The molecule has 0 saturated heterocycles. The summed E-state index contributed by atoms with van der Waals surface area (Å²) in [6, 6.07) is 5.11. The van der Waals surface area contributed by atoms with Crippen LogP contribution in [0.5, 0.6) is 0 Å². The summed E-state index contributed by atoms with van der Waals surface area (Å²) in [7, 11) is 1.71. The number of benzene rings is 1. The Balaban J connectivity index is 1.72. The first-order chi connectivity index (χ1) is 13.7. The van der Waals surface area contributed by atoms with Gasteiger partial charge < -0.3 is 20.7 Å². The van der Waals surface area contributed by atoms with Crippen LogP contribution in [0.4, 0.5) is 9.18 Å². The average molecular weight is 427 g/mol. The van der Waals surface area contributed by atoms with Gasteiger partial charge in [0.2, 0.25) is 0 Å². The molecular formula is C21H32ClFN4O2. The second kappa shape index (κ2) is 10.7. The normalized spacial score (nSPS) is 20.1. The smallest absolute Gasteiger partial charge is 0.407 e. The van der Waals surface area contributed by atoms with Gasteiger partial charge >= 0.3 is 6.09 Å². The highest BCUT2D eigenvalue weighted by atomic mass is 35.5. The van der Waals surface area contributed by atoms with Crippen LogP contribution in [0.3, 0.4) is 0 Å². The highest BCUT2D eigenvalue weighted by Gasteiger charge is 2.25. The maximum absolute atomic E-state index is 13.9. The Labute approximate surface area is 177 Å². The first-order valence-corrected chi connectivity index (χ1v) is 10.5. The predicted octanol–water partition coefficient (Wildman–Crippen LogP) is 4.02. The van der Waals surface area contributed by atoms with Crippen LogP contribution < -0.4 is 16.0 Å². The van der Waals surface area contributed by atoms with Crippen molar-refractivity contribution in [2.45, 2.75) is 70.6 Å². The molecule has 1 saturated carbocycles. The SMILES string of the molecule is CN=C(NCCc1c(F)cccc1Cl)NC1CCC(NC(=O)OC(C)(C)C)CC1. The number of carbonyl (C=O) groups excluding carboxylic acids is 1. The third-order valence-corrected chi connectivity index (χ3v) is 5.10. The van der Waals surface area contributed by atoms with Gasteiger partial charge in [0.15, 0.2) is 5.96 Å². The van der Waals surface area contributed by atoms with Crippen LogP contribution in [0.25, 0.3) is 0 Å². The molecule has 3 N–H and O–H groups in total. The van der Waals surface area contributed by atoms with Crippen LogP contribution in [0.1, 0.15) is 52.0 Å². The van der Waals surface area contributed by atoms with Gasteiger partial charge in [0, 0.05) is 36.3 Å². The van der Waals surface area contributed by atoms with Crippen molar-refractivity contribution in [3.63, 3.8) is 0 Å². The molecular weight excluding hydrogens is 395 g/mol. The fourth-order valence-corrected chi connectivity index (χ4v) is 3.58. The van der Waals surface area contributed by atoms with Crippen molar-refractivity contribution in [1.82, 2.24) is 16.0 Å². The zero-order valence-electron chi connectivity index (χ0n) is 17.6. The van der Waals surface area contributed by atoms with Gasteiger partial charge in [0.05, 0.1) is 0 Å². The number of nitrogens with zero attached hydrogens (tertiary/aromatic N) is 1. The predicted molar refractivity (Wildman–Crippen MR) is 115 cm³/mol. The highest BCUT2D eigenvalue weighted by molar-refractivity contribution is 6.31. The zero-order chi connectivity index (χ0) is 21.4. The van der Waals surface area contributed by atoms with Crippen LogP contribution in [-0.4, -0.2) is 43.3 Å². The van der Waals surface area contributed by atoms with Crippen molar-refractivity contribution < 1.29 is 13.9 Å². The molecule has 29 heavy (non-hydrogen) atoms. The number of alkyl carbamates (subject to hydrolysis) is 1. The molecule has 0 atom stereocenters. The highest BCUT2D eigenvalue weighted by Crippen LogP contribution is 2.20. The van der Waals surface area contributed by atoms with E-state index in [-0.39, 0.29) is 24.0 Å². The molecule has 162 valence electrons. The lowest BCUT2D eigenvalue weighted by molar-refractivity contribution is 0.0490. The molecule has 0 unspecified atom stereocenters. The molecule has 0 heterocycles. The molecule has 2 rings (SSSR count). The minimum atomic E-state index is -0.492. The molecule has 0 bridgehead atoms. The van der Waals surface area contributed by atoms with Crippen LogP contribution in [-0.2, 0) is 11.2 Å². The van der Waals surface area contributed by atoms with Crippen molar-refractivity contribution in [2.24, 2.45) is 4.99 Å². The standard InChI is InChI=1S/C21H32ClFN4O2/c1-21(2,3)29-20(28)27-15-10-8-14(9-11-15)26-19(24-4)25-13-12-16-17(22)6-5-7-18(16)23/h5-7,14-15H,8-13H2,1-4H3,(H,27,28)(H2,24,25,26). The number of hydrogen-bond donors (Lipinski definition) is 3. The van der Waals surface area contributed by atoms with Crippen molar-refractivity contribution in [3.8, 4) is 0 Å². The number of aliphatic imine (C=N–C) groups is 1. The summed E-state index contributed by atoms with van der Waals surface area (Å²) < 4.78 is 19.2. The van der Waals surface area contributed by atoms with Gasteiger partial charge in [0.1, 0.15) is 11.4 Å². The van der Waals surface area contributed by atoms with Crippen LogP contribution in [0.15, 0.2) is 23.2 Å². The molecule has 0 aliphatic heterocycles. The first kappa shape index (κ1) is 23.3. The molecule has 1 aliphatic carbocycles. The number of amides is 1. The van der Waals surface area contributed by atoms with E-state index in [1.54, 1.807) is 19.2 Å². The molecule has 1 amide bonds. The maximum atomic E-state index is 13.9. The number of rotatable bonds is 5. The molecule has 1 aliphatic rings. The van der Waals surface area contributed by atoms with Gasteiger partial charge in [0.25, 0.3) is 0 Å². The Morgan fingerprint density at radius 1 is 1.21 bits per heavy atom. The second-order valence-corrected chi connectivity index (χ2v) is 8.70. The lowest BCUT2D eigenvalue weighted by Gasteiger charge is -2.31. The summed E-state index contributed by atoms with van der Waals surface area (Å²) in [5, 5.41) is 9.99. The maximum Gasteiger partial charge on any atom is 0.407 e. The summed E-state index contributed by atoms with van der Waals surface area (Å²) in [6.45, 7) is 6.08. The number of carbonyl (C=O) groups is 1. The number of hydrogen-bond acceptors (Lipinski definition) is 3. The third kappa shape index (κ3) is 8.09. The monoisotopic (exact) mass is 426 g/mol. The van der Waals surface area contributed by atoms with Gasteiger partial charge in [-0.25, -0.2) is 9.18 Å². The van der Waals surface area contributed by atoms with Gasteiger partial charge in [-0.15, -0.1) is 0 Å². The number of halogens is 2. The molecule has 1 aromatic rings. The van der Waals surface area contributed by atoms with Gasteiger partial charge in [-0.1, -0.05) is 17.7 Å². The second-order valence-electron chi connectivity index (χ2n) is 8.29. The molecule has 8 heteroatoms. The van der Waals surface area contributed by atoms with Crippen LogP contribution in [0.2, 0.25) is 5.02 Å². The molecule has 6 nitrogen and oxygen atoms in total. The minimum Gasteiger partial charge on any atom is -0.444 e. The summed E-state index contributed by atoms with van der Waals surface area (Å²) in [5.74, 6) is 0.388. The Kier molecular flexibility index (Phi) is 8.56. The number of guanidine groups is 1. The van der Waals surface area contributed by atoms with E-state index >= 15 is 0 Å². The summed E-state index contributed by atoms with van der Waals surface area (Å²) in [5.41, 5.74) is 0.0132. The fraction of sp³-hybridized carbons (Fsp3) is 0.619. The average Bonchev–Trinajstić information content (AvgIpc) is 2.63. The van der Waals surface area contributed by atoms with E-state index in [1.807, 2.05) is 20.8 Å². The van der Waals surface area contributed by atoms with E-state index < -0.39 is 5.60 Å². The lowest BCUT2D eigenvalue weighted by Crippen LogP contribution is -2.48. The van der Waals surface area contributed by atoms with E-state index in [2.05, 4.69) is 20.9 Å². The fourth-order valence-electron chi connectivity index (χ4n) is 3.32. The molecule has 0 radical (unpaired) electrons. The van der Waals surface area contributed by atoms with E-state index in [0.717, 1.165) is 25.7 Å². The summed E-state index contributed by atoms with van der Waals surface area (Å²) >= 11 is 6.07. The Morgan fingerprint density at radius 3 is 2.38 bits per heavy atom. The minimum absolute atomic E-state index is 0.126. The van der Waals surface area contributed by atoms with E-state index in [1.165, 1.54) is 6.07 Å². The van der Waals surface area contributed by atoms with Gasteiger partial charge in [-0.05, 0) is 65.0 Å². The van der Waals surface area contributed by atoms with Gasteiger partial charge in [-0.3, -0.25) is 4.99 Å². The zero-order valence-corrected chi connectivity index (χ0v) is 18.4. The molecule has 0 aromatic heterocycles. The molecule has 0 spiro atoms. The number of nitrogens with one attached hydrogen (secondary N) is 3. The quantitative estimate of drug-likeness (QED) is 0.491. The van der Waals surface area contributed by atoms with Crippen molar-refractivity contribution >= 4 is 23.7 Å². The van der Waals surface area contributed by atoms with Gasteiger partial charge in [-0.2, -0.15) is 0 Å². The first-order valence-electron chi connectivity index (χ1n) is 10.1. The third-order valence-electron chi connectivity index (χ3n) is 4.74. The Bertz CT molecular complexity index is 693. The molecule has 1 fully saturated rings. The largest absolute Gasteiger partial charge is 0.444 e. The lowest BCUT2D eigenvalue weighted by atomic mass is 9.91. The van der Waals surface area contributed by atoms with Crippen molar-refractivity contribution in [1.29, 1.82) is 0 Å². The van der Waals surface area contributed by atoms with E-state index in [4.69, 9.17) is 16.3 Å². The molecule has 1 aromatic carbocycles.